The fourth-order valence-corrected chi connectivity index (χ4v) is 4.69. The van der Waals surface area contributed by atoms with E-state index in [0.29, 0.717) is 29.8 Å². The summed E-state index contributed by atoms with van der Waals surface area (Å²) in [6.45, 7) is 0.337. The Bertz CT molecular complexity index is 809. The quantitative estimate of drug-likeness (QED) is 0.777. The lowest BCUT2D eigenvalue weighted by Crippen LogP contribution is -2.51. The first-order valence-corrected chi connectivity index (χ1v) is 9.74. The van der Waals surface area contributed by atoms with Crippen molar-refractivity contribution in [2.24, 2.45) is 5.92 Å². The number of halogens is 3. The van der Waals surface area contributed by atoms with Crippen LogP contribution in [0.2, 0.25) is 0 Å². The Kier molecular flexibility index (Phi) is 5.34. The molecular formula is C22H25F3N2O. The number of hydrogen-bond donors (Lipinski definition) is 2. The van der Waals surface area contributed by atoms with Gasteiger partial charge in [-0.3, -0.25) is 0 Å². The SMILES string of the molecule is COc1ccc(C(F)(F)F)cc1CNC1C2CCC(C2)NC1c1ccccc1. The van der Waals surface area contributed by atoms with E-state index in [1.54, 1.807) is 0 Å². The summed E-state index contributed by atoms with van der Waals surface area (Å²) in [5.41, 5.74) is 1.10. The second-order valence-electron chi connectivity index (χ2n) is 7.76. The highest BCUT2D eigenvalue weighted by Gasteiger charge is 2.42. The van der Waals surface area contributed by atoms with E-state index in [-0.39, 0.29) is 12.1 Å². The van der Waals surface area contributed by atoms with Crippen LogP contribution < -0.4 is 15.4 Å². The summed E-state index contributed by atoms with van der Waals surface area (Å²) in [5, 5.41) is 7.30. The van der Waals surface area contributed by atoms with Gasteiger partial charge in [-0.1, -0.05) is 30.3 Å². The Hall–Kier alpha value is -2.05. The molecule has 4 atom stereocenters. The zero-order valence-corrected chi connectivity index (χ0v) is 15.8. The molecule has 4 unspecified atom stereocenters. The molecule has 4 rings (SSSR count). The van der Waals surface area contributed by atoms with Crippen molar-refractivity contribution < 1.29 is 17.9 Å². The van der Waals surface area contributed by atoms with Crippen LogP contribution >= 0.6 is 0 Å². The van der Waals surface area contributed by atoms with Crippen LogP contribution in [0.1, 0.15) is 42.0 Å². The minimum Gasteiger partial charge on any atom is -0.496 e. The van der Waals surface area contributed by atoms with Crippen LogP contribution in [0.15, 0.2) is 48.5 Å². The summed E-state index contributed by atoms with van der Waals surface area (Å²) >= 11 is 0. The third-order valence-electron chi connectivity index (χ3n) is 6.05. The number of piperidine rings is 1. The van der Waals surface area contributed by atoms with Crippen molar-refractivity contribution >= 4 is 0 Å². The van der Waals surface area contributed by atoms with Gasteiger partial charge in [-0.15, -0.1) is 0 Å². The number of nitrogens with one attached hydrogen (secondary N) is 2. The van der Waals surface area contributed by atoms with Crippen LogP contribution in [0.5, 0.6) is 5.75 Å². The maximum absolute atomic E-state index is 13.1. The van der Waals surface area contributed by atoms with Gasteiger partial charge in [-0.2, -0.15) is 13.2 Å². The van der Waals surface area contributed by atoms with E-state index < -0.39 is 11.7 Å². The molecule has 0 aromatic heterocycles. The molecule has 1 heterocycles. The van der Waals surface area contributed by atoms with E-state index >= 15 is 0 Å². The molecule has 2 bridgehead atoms. The normalized spacial score (nSPS) is 27.0. The lowest BCUT2D eigenvalue weighted by Gasteiger charge is -2.39. The topological polar surface area (TPSA) is 33.3 Å². The van der Waals surface area contributed by atoms with Gasteiger partial charge in [-0.25, -0.2) is 0 Å². The highest BCUT2D eigenvalue weighted by atomic mass is 19.4. The van der Waals surface area contributed by atoms with Gasteiger partial charge in [0.25, 0.3) is 0 Å². The van der Waals surface area contributed by atoms with E-state index in [4.69, 9.17) is 4.74 Å². The molecular weight excluding hydrogens is 365 g/mol. The summed E-state index contributed by atoms with van der Waals surface area (Å²) in [6.07, 6.45) is -0.961. The van der Waals surface area contributed by atoms with Gasteiger partial charge >= 0.3 is 6.18 Å². The number of ether oxygens (including phenoxy) is 1. The fraction of sp³-hybridized carbons (Fsp3) is 0.455. The number of fused-ring (bicyclic) bond motifs is 2. The lowest BCUT2D eigenvalue weighted by atomic mass is 9.84. The van der Waals surface area contributed by atoms with Crippen molar-refractivity contribution in [2.45, 2.75) is 50.1 Å². The van der Waals surface area contributed by atoms with Crippen molar-refractivity contribution in [1.82, 2.24) is 10.6 Å². The standard InChI is InChI=1S/C22H25F3N2O/c1-28-19-10-8-17(22(23,24)25)11-16(19)13-26-20-15-7-9-18(12-15)27-21(20)14-5-3-2-4-6-14/h2-6,8,10-11,15,18,20-21,26-27H,7,9,12-13H2,1H3. The molecule has 2 fully saturated rings. The summed E-state index contributed by atoms with van der Waals surface area (Å²) in [7, 11) is 1.49. The first-order valence-electron chi connectivity index (χ1n) is 9.74. The monoisotopic (exact) mass is 390 g/mol. The van der Waals surface area contributed by atoms with Gasteiger partial charge < -0.3 is 15.4 Å². The maximum Gasteiger partial charge on any atom is 0.416 e. The summed E-state index contributed by atoms with van der Waals surface area (Å²) < 4.78 is 44.7. The Morgan fingerprint density at radius 2 is 1.89 bits per heavy atom. The van der Waals surface area contributed by atoms with Gasteiger partial charge in [0.1, 0.15) is 5.75 Å². The molecule has 2 aliphatic rings. The first-order chi connectivity index (χ1) is 13.5. The average Bonchev–Trinajstić information content (AvgIpc) is 3.08. The van der Waals surface area contributed by atoms with Crippen molar-refractivity contribution in [2.75, 3.05) is 7.11 Å². The molecule has 2 aromatic carbocycles. The van der Waals surface area contributed by atoms with Crippen molar-refractivity contribution in [3.8, 4) is 5.75 Å². The number of benzene rings is 2. The average molecular weight is 390 g/mol. The molecule has 3 nitrogen and oxygen atoms in total. The number of alkyl halides is 3. The number of hydrogen-bond acceptors (Lipinski definition) is 3. The summed E-state index contributed by atoms with van der Waals surface area (Å²) in [5.74, 6) is 0.998. The van der Waals surface area contributed by atoms with Crippen LogP contribution in [0, 0.1) is 5.92 Å². The molecule has 0 spiro atoms. The highest BCUT2D eigenvalue weighted by Crippen LogP contribution is 2.40. The van der Waals surface area contributed by atoms with Crippen LogP contribution in [-0.2, 0) is 12.7 Å². The van der Waals surface area contributed by atoms with Gasteiger partial charge in [0, 0.05) is 30.2 Å². The third-order valence-corrected chi connectivity index (χ3v) is 6.05. The minimum absolute atomic E-state index is 0.157. The van der Waals surface area contributed by atoms with E-state index in [1.165, 1.54) is 24.8 Å². The second kappa shape index (κ2) is 7.76. The van der Waals surface area contributed by atoms with Crippen molar-refractivity contribution in [1.29, 1.82) is 0 Å². The Morgan fingerprint density at radius 3 is 2.61 bits per heavy atom. The van der Waals surface area contributed by atoms with Crippen LogP contribution in [-0.4, -0.2) is 19.2 Å². The van der Waals surface area contributed by atoms with E-state index in [9.17, 15) is 13.2 Å². The Labute approximate surface area is 163 Å². The van der Waals surface area contributed by atoms with Crippen LogP contribution in [0.25, 0.3) is 0 Å². The highest BCUT2D eigenvalue weighted by molar-refractivity contribution is 5.38. The number of methoxy groups -OCH3 is 1. The van der Waals surface area contributed by atoms with Crippen LogP contribution in [0.4, 0.5) is 13.2 Å². The van der Waals surface area contributed by atoms with Gasteiger partial charge in [0.2, 0.25) is 0 Å². The molecule has 2 N–H and O–H groups in total. The third kappa shape index (κ3) is 3.89. The molecule has 1 aliphatic carbocycles. The van der Waals surface area contributed by atoms with E-state index in [1.807, 2.05) is 18.2 Å². The van der Waals surface area contributed by atoms with Gasteiger partial charge in [0.05, 0.1) is 12.7 Å². The molecule has 2 aromatic rings. The van der Waals surface area contributed by atoms with Crippen LogP contribution in [0.3, 0.4) is 0 Å². The molecule has 28 heavy (non-hydrogen) atoms. The fourth-order valence-electron chi connectivity index (χ4n) is 4.69. The molecule has 150 valence electrons. The van der Waals surface area contributed by atoms with Crippen molar-refractivity contribution in [3.63, 3.8) is 0 Å². The molecule has 0 amide bonds. The van der Waals surface area contributed by atoms with E-state index in [0.717, 1.165) is 25.3 Å². The van der Waals surface area contributed by atoms with Gasteiger partial charge in [-0.05, 0) is 48.9 Å². The lowest BCUT2D eigenvalue weighted by molar-refractivity contribution is -0.137. The molecule has 1 saturated heterocycles. The molecule has 0 radical (unpaired) electrons. The summed E-state index contributed by atoms with van der Waals surface area (Å²) in [4.78, 5) is 0. The van der Waals surface area contributed by atoms with Gasteiger partial charge in [0.15, 0.2) is 0 Å². The number of rotatable bonds is 5. The first kappa shape index (κ1) is 19.3. The smallest absolute Gasteiger partial charge is 0.416 e. The largest absolute Gasteiger partial charge is 0.496 e. The predicted molar refractivity (Wildman–Crippen MR) is 102 cm³/mol. The minimum atomic E-state index is -4.36. The Morgan fingerprint density at radius 1 is 1.11 bits per heavy atom. The zero-order chi connectivity index (χ0) is 19.7. The second-order valence-corrected chi connectivity index (χ2v) is 7.76. The maximum atomic E-state index is 13.1. The molecule has 1 saturated carbocycles. The zero-order valence-electron chi connectivity index (χ0n) is 15.8. The molecule has 6 heteroatoms. The molecule has 1 aliphatic heterocycles. The predicted octanol–water partition coefficient (Wildman–Crippen LogP) is 4.69. The Balaban J connectivity index is 1.57. The van der Waals surface area contributed by atoms with E-state index in [2.05, 4.69) is 22.8 Å². The van der Waals surface area contributed by atoms with Crippen molar-refractivity contribution in [3.05, 3.63) is 65.2 Å². The summed E-state index contributed by atoms with van der Waals surface area (Å²) in [6, 6.07) is 14.8.